The van der Waals surface area contributed by atoms with Crippen LogP contribution in [0.5, 0.6) is 0 Å². The number of nitrogens with one attached hydrogen (secondary N) is 1. The van der Waals surface area contributed by atoms with Crippen molar-refractivity contribution in [2.24, 2.45) is 5.73 Å². The molecule has 0 aromatic heterocycles. The zero-order chi connectivity index (χ0) is 15.5. The predicted molar refractivity (Wildman–Crippen MR) is 90.3 cm³/mol. The van der Waals surface area contributed by atoms with Crippen molar-refractivity contribution < 1.29 is 4.79 Å². The SMILES string of the molecule is CCc1ccc(Nc2ccc3c(c2)CC=C(N)[C@H]3C=O)cc1. The highest BCUT2D eigenvalue weighted by Crippen LogP contribution is 2.31. The summed E-state index contributed by atoms with van der Waals surface area (Å²) in [5.41, 5.74) is 12.1. The van der Waals surface area contributed by atoms with E-state index in [0.717, 1.165) is 41.6 Å². The molecule has 0 spiro atoms. The Morgan fingerprint density at radius 2 is 1.91 bits per heavy atom. The fourth-order valence-electron chi connectivity index (χ4n) is 2.84. The third-order valence-corrected chi connectivity index (χ3v) is 4.18. The topological polar surface area (TPSA) is 55.1 Å². The van der Waals surface area contributed by atoms with Gasteiger partial charge in [0.25, 0.3) is 0 Å². The molecule has 1 atom stereocenters. The van der Waals surface area contributed by atoms with E-state index in [9.17, 15) is 4.79 Å². The van der Waals surface area contributed by atoms with Gasteiger partial charge in [-0.25, -0.2) is 0 Å². The molecule has 112 valence electrons. The van der Waals surface area contributed by atoms with Crippen LogP contribution in [0.2, 0.25) is 0 Å². The van der Waals surface area contributed by atoms with Gasteiger partial charge in [0.1, 0.15) is 6.29 Å². The Kier molecular flexibility index (Phi) is 3.96. The number of aryl methyl sites for hydroxylation is 1. The number of hydrogen-bond acceptors (Lipinski definition) is 3. The Balaban J connectivity index is 1.84. The summed E-state index contributed by atoms with van der Waals surface area (Å²) in [7, 11) is 0. The fourth-order valence-corrected chi connectivity index (χ4v) is 2.84. The first-order chi connectivity index (χ1) is 10.7. The van der Waals surface area contributed by atoms with Crippen LogP contribution in [0.15, 0.2) is 54.2 Å². The van der Waals surface area contributed by atoms with E-state index in [1.54, 1.807) is 0 Å². The molecule has 0 bridgehead atoms. The number of hydrogen-bond donors (Lipinski definition) is 2. The number of nitrogens with two attached hydrogens (primary N) is 1. The number of anilines is 2. The smallest absolute Gasteiger partial charge is 0.133 e. The number of rotatable bonds is 4. The van der Waals surface area contributed by atoms with Crippen LogP contribution >= 0.6 is 0 Å². The lowest BCUT2D eigenvalue weighted by Gasteiger charge is -2.21. The van der Waals surface area contributed by atoms with Crippen LogP contribution in [0.25, 0.3) is 0 Å². The van der Waals surface area contributed by atoms with Crippen molar-refractivity contribution in [3.05, 3.63) is 70.9 Å². The summed E-state index contributed by atoms with van der Waals surface area (Å²) in [5.74, 6) is -0.304. The lowest BCUT2D eigenvalue weighted by Crippen LogP contribution is -2.17. The van der Waals surface area contributed by atoms with Crippen LogP contribution in [0.4, 0.5) is 11.4 Å². The minimum atomic E-state index is -0.304. The summed E-state index contributed by atoms with van der Waals surface area (Å²) in [6.07, 6.45) is 4.66. The number of allylic oxidation sites excluding steroid dienone is 2. The fraction of sp³-hybridized carbons (Fsp3) is 0.211. The molecule has 1 aliphatic rings. The van der Waals surface area contributed by atoms with Gasteiger partial charge in [-0.3, -0.25) is 0 Å². The van der Waals surface area contributed by atoms with Crippen LogP contribution in [0.3, 0.4) is 0 Å². The number of aldehydes is 1. The molecule has 0 amide bonds. The normalized spacial score (nSPS) is 16.6. The number of benzene rings is 2. The second-order valence-corrected chi connectivity index (χ2v) is 5.61. The molecule has 0 aliphatic heterocycles. The quantitative estimate of drug-likeness (QED) is 0.845. The molecular weight excluding hydrogens is 272 g/mol. The van der Waals surface area contributed by atoms with Gasteiger partial charge in [-0.15, -0.1) is 0 Å². The highest BCUT2D eigenvalue weighted by atomic mass is 16.1. The average molecular weight is 292 g/mol. The Hall–Kier alpha value is -2.55. The molecule has 0 saturated heterocycles. The van der Waals surface area contributed by atoms with Gasteiger partial charge in [-0.05, 0) is 53.8 Å². The van der Waals surface area contributed by atoms with E-state index in [1.807, 2.05) is 18.2 Å². The lowest BCUT2D eigenvalue weighted by atomic mass is 9.86. The third-order valence-electron chi connectivity index (χ3n) is 4.18. The Bertz CT molecular complexity index is 717. The minimum absolute atomic E-state index is 0.304. The van der Waals surface area contributed by atoms with Crippen molar-refractivity contribution in [3.8, 4) is 0 Å². The van der Waals surface area contributed by atoms with Crippen molar-refractivity contribution in [2.45, 2.75) is 25.7 Å². The number of fused-ring (bicyclic) bond motifs is 1. The Labute approximate surface area is 130 Å². The zero-order valence-corrected chi connectivity index (χ0v) is 12.7. The van der Waals surface area contributed by atoms with Crippen LogP contribution in [0.1, 0.15) is 29.5 Å². The van der Waals surface area contributed by atoms with Crippen molar-refractivity contribution >= 4 is 17.7 Å². The van der Waals surface area contributed by atoms with Gasteiger partial charge in [0.15, 0.2) is 0 Å². The lowest BCUT2D eigenvalue weighted by molar-refractivity contribution is -0.108. The first kappa shape index (κ1) is 14.4. The largest absolute Gasteiger partial charge is 0.401 e. The highest BCUT2D eigenvalue weighted by molar-refractivity contribution is 5.71. The second kappa shape index (κ2) is 6.06. The van der Waals surface area contributed by atoms with Gasteiger partial charge in [0.05, 0.1) is 5.92 Å². The van der Waals surface area contributed by atoms with Crippen LogP contribution in [-0.2, 0) is 17.6 Å². The summed E-state index contributed by atoms with van der Waals surface area (Å²) in [6, 6.07) is 14.5. The van der Waals surface area contributed by atoms with E-state index in [1.165, 1.54) is 5.56 Å². The summed E-state index contributed by atoms with van der Waals surface area (Å²) in [5, 5.41) is 3.41. The van der Waals surface area contributed by atoms with E-state index in [2.05, 4.69) is 42.6 Å². The summed E-state index contributed by atoms with van der Waals surface area (Å²) >= 11 is 0. The van der Waals surface area contributed by atoms with Gasteiger partial charge in [-0.2, -0.15) is 0 Å². The Morgan fingerprint density at radius 1 is 1.18 bits per heavy atom. The van der Waals surface area contributed by atoms with Gasteiger partial charge in [0, 0.05) is 17.1 Å². The zero-order valence-electron chi connectivity index (χ0n) is 12.7. The first-order valence-electron chi connectivity index (χ1n) is 7.61. The van der Waals surface area contributed by atoms with E-state index in [0.29, 0.717) is 5.70 Å². The molecule has 2 aromatic carbocycles. The standard InChI is InChI=1S/C19H20N2O/c1-2-13-3-6-15(7-4-13)21-16-8-9-17-14(11-16)5-10-19(20)18(17)12-22/h3-4,6-12,18,21H,2,5,20H2,1H3/t18-/m0/s1. The molecule has 3 N–H and O–H groups in total. The van der Waals surface area contributed by atoms with Crippen molar-refractivity contribution in [1.29, 1.82) is 0 Å². The molecule has 0 unspecified atom stereocenters. The monoisotopic (exact) mass is 292 g/mol. The molecule has 22 heavy (non-hydrogen) atoms. The van der Waals surface area contributed by atoms with Crippen molar-refractivity contribution in [3.63, 3.8) is 0 Å². The predicted octanol–water partition coefficient (Wildman–Crippen LogP) is 3.67. The van der Waals surface area contributed by atoms with E-state index in [-0.39, 0.29) is 5.92 Å². The molecule has 3 heteroatoms. The molecule has 0 saturated carbocycles. The van der Waals surface area contributed by atoms with Crippen LogP contribution < -0.4 is 11.1 Å². The average Bonchev–Trinajstić information content (AvgIpc) is 2.55. The number of carbonyl (C=O) groups is 1. The summed E-state index contributed by atoms with van der Waals surface area (Å²) in [4.78, 5) is 11.2. The molecule has 3 nitrogen and oxygen atoms in total. The van der Waals surface area contributed by atoms with Crippen LogP contribution in [-0.4, -0.2) is 6.29 Å². The molecule has 0 radical (unpaired) electrons. The van der Waals surface area contributed by atoms with Crippen molar-refractivity contribution in [1.82, 2.24) is 0 Å². The molecule has 1 aliphatic carbocycles. The molecule has 2 aromatic rings. The third kappa shape index (κ3) is 2.75. The summed E-state index contributed by atoms with van der Waals surface area (Å²) < 4.78 is 0. The molecule has 3 rings (SSSR count). The maximum atomic E-state index is 11.2. The van der Waals surface area contributed by atoms with Crippen LogP contribution in [0, 0.1) is 0 Å². The van der Waals surface area contributed by atoms with Gasteiger partial charge < -0.3 is 15.8 Å². The first-order valence-corrected chi connectivity index (χ1v) is 7.61. The minimum Gasteiger partial charge on any atom is -0.401 e. The van der Waals surface area contributed by atoms with Gasteiger partial charge >= 0.3 is 0 Å². The van der Waals surface area contributed by atoms with E-state index in [4.69, 9.17) is 5.73 Å². The molecule has 0 fully saturated rings. The second-order valence-electron chi connectivity index (χ2n) is 5.61. The highest BCUT2D eigenvalue weighted by Gasteiger charge is 2.21. The van der Waals surface area contributed by atoms with E-state index < -0.39 is 0 Å². The summed E-state index contributed by atoms with van der Waals surface area (Å²) in [6.45, 7) is 2.15. The van der Waals surface area contributed by atoms with Crippen molar-refractivity contribution in [2.75, 3.05) is 5.32 Å². The maximum absolute atomic E-state index is 11.2. The Morgan fingerprint density at radius 3 is 2.59 bits per heavy atom. The molecular formula is C19H20N2O. The van der Waals surface area contributed by atoms with Gasteiger partial charge in [-0.1, -0.05) is 31.2 Å². The van der Waals surface area contributed by atoms with E-state index >= 15 is 0 Å². The molecule has 0 heterocycles. The number of carbonyl (C=O) groups excluding carboxylic acids is 1. The maximum Gasteiger partial charge on any atom is 0.133 e. The van der Waals surface area contributed by atoms with Gasteiger partial charge in [0.2, 0.25) is 0 Å².